The summed E-state index contributed by atoms with van der Waals surface area (Å²) in [6.45, 7) is 2.29. The molecule has 1 N–H and O–H groups in total. The van der Waals surface area contributed by atoms with E-state index in [-0.39, 0.29) is 5.91 Å². The Morgan fingerprint density at radius 1 is 1.44 bits per heavy atom. The summed E-state index contributed by atoms with van der Waals surface area (Å²) in [5.41, 5.74) is 1.01. The molecule has 3 aromatic heterocycles. The van der Waals surface area contributed by atoms with Gasteiger partial charge in [-0.25, -0.2) is 4.98 Å². The molecule has 0 aromatic carbocycles. The van der Waals surface area contributed by atoms with Gasteiger partial charge in [-0.05, 0) is 43.3 Å². The van der Waals surface area contributed by atoms with Gasteiger partial charge in [0.15, 0.2) is 5.82 Å². The Kier molecular flexibility index (Phi) is 4.19. The molecule has 7 nitrogen and oxygen atoms in total. The van der Waals surface area contributed by atoms with Crippen molar-refractivity contribution in [2.24, 2.45) is 0 Å². The number of aromatic nitrogens is 3. The Morgan fingerprint density at radius 2 is 2.32 bits per heavy atom. The first kappa shape index (κ1) is 15.8. The minimum atomic E-state index is -0.293. The van der Waals surface area contributed by atoms with Crippen LogP contribution in [0.15, 0.2) is 34.3 Å². The maximum atomic E-state index is 12.6. The third-order valence-electron chi connectivity index (χ3n) is 3.79. The summed E-state index contributed by atoms with van der Waals surface area (Å²) < 4.78 is 10.8. The molecular weight excluding hydrogens is 340 g/mol. The Morgan fingerprint density at radius 3 is 3.12 bits per heavy atom. The number of carbonyl (C=O) groups is 1. The highest BCUT2D eigenvalue weighted by molar-refractivity contribution is 7.14. The van der Waals surface area contributed by atoms with Crippen molar-refractivity contribution < 1.29 is 14.1 Å². The van der Waals surface area contributed by atoms with Crippen LogP contribution in [0.25, 0.3) is 10.8 Å². The van der Waals surface area contributed by atoms with Crippen molar-refractivity contribution in [1.29, 1.82) is 0 Å². The van der Waals surface area contributed by atoms with Crippen molar-refractivity contribution in [2.45, 2.75) is 25.7 Å². The van der Waals surface area contributed by atoms with Crippen LogP contribution in [0.3, 0.4) is 0 Å². The number of carbonyl (C=O) groups excluding carboxylic acids is 1. The second kappa shape index (κ2) is 6.64. The summed E-state index contributed by atoms with van der Waals surface area (Å²) in [5, 5.41) is 8.78. The van der Waals surface area contributed by atoms with Crippen molar-refractivity contribution in [3.05, 3.63) is 41.2 Å². The molecule has 1 fully saturated rings. The van der Waals surface area contributed by atoms with Gasteiger partial charge in [0.2, 0.25) is 5.88 Å². The summed E-state index contributed by atoms with van der Waals surface area (Å²) >= 11 is 1.44. The molecule has 3 heterocycles. The van der Waals surface area contributed by atoms with Gasteiger partial charge in [-0.15, -0.1) is 11.3 Å². The number of amides is 1. The predicted molar refractivity (Wildman–Crippen MR) is 92.9 cm³/mol. The second-order valence-electron chi connectivity index (χ2n) is 5.64. The van der Waals surface area contributed by atoms with E-state index >= 15 is 0 Å². The topological polar surface area (TPSA) is 90.1 Å². The van der Waals surface area contributed by atoms with Crippen LogP contribution in [0.4, 0.5) is 5.69 Å². The van der Waals surface area contributed by atoms with Gasteiger partial charge in [0.1, 0.15) is 10.4 Å². The van der Waals surface area contributed by atoms with Gasteiger partial charge in [-0.2, -0.15) is 4.98 Å². The van der Waals surface area contributed by atoms with Gasteiger partial charge in [-0.3, -0.25) is 4.79 Å². The fraction of sp³-hybridized carbons (Fsp3) is 0.294. The van der Waals surface area contributed by atoms with Gasteiger partial charge >= 0.3 is 0 Å². The normalized spacial score (nSPS) is 13.6. The van der Waals surface area contributed by atoms with E-state index in [1.165, 1.54) is 11.3 Å². The molecule has 0 saturated heterocycles. The Labute approximate surface area is 148 Å². The minimum Gasteiger partial charge on any atom is -0.477 e. The van der Waals surface area contributed by atoms with Crippen LogP contribution in [-0.2, 0) is 0 Å². The molecule has 4 rings (SSSR count). The van der Waals surface area contributed by atoms with E-state index in [1.54, 1.807) is 18.3 Å². The third kappa shape index (κ3) is 3.25. The van der Waals surface area contributed by atoms with E-state index in [9.17, 15) is 4.79 Å². The van der Waals surface area contributed by atoms with Crippen LogP contribution in [0.2, 0.25) is 0 Å². The fourth-order valence-corrected chi connectivity index (χ4v) is 3.18. The van der Waals surface area contributed by atoms with Crippen LogP contribution >= 0.6 is 11.3 Å². The molecule has 25 heavy (non-hydrogen) atoms. The van der Waals surface area contributed by atoms with E-state index in [2.05, 4.69) is 20.4 Å². The third-order valence-corrected chi connectivity index (χ3v) is 4.69. The van der Waals surface area contributed by atoms with Gasteiger partial charge < -0.3 is 14.6 Å². The lowest BCUT2D eigenvalue weighted by Crippen LogP contribution is -2.14. The van der Waals surface area contributed by atoms with Crippen molar-refractivity contribution >= 4 is 22.9 Å². The number of thiophene rings is 1. The molecule has 1 saturated carbocycles. The molecule has 1 aliphatic carbocycles. The SMILES string of the molecule is CCOc1ncccc1C(=O)Nc1ccsc1-c1nc(C2CC2)no1. The van der Waals surface area contributed by atoms with E-state index in [0.29, 0.717) is 35.5 Å². The Balaban J connectivity index is 1.57. The number of nitrogens with zero attached hydrogens (tertiary/aromatic N) is 3. The van der Waals surface area contributed by atoms with Crippen molar-refractivity contribution in [1.82, 2.24) is 15.1 Å². The molecule has 0 atom stereocenters. The summed E-state index contributed by atoms with van der Waals surface area (Å²) in [5.74, 6) is 1.61. The van der Waals surface area contributed by atoms with Crippen molar-refractivity contribution in [2.75, 3.05) is 11.9 Å². The molecule has 128 valence electrons. The van der Waals surface area contributed by atoms with Gasteiger partial charge in [0.25, 0.3) is 11.8 Å². The average molecular weight is 356 g/mol. The highest BCUT2D eigenvalue weighted by Crippen LogP contribution is 2.40. The quantitative estimate of drug-likeness (QED) is 0.724. The molecule has 0 radical (unpaired) electrons. The first-order valence-electron chi connectivity index (χ1n) is 8.07. The number of ether oxygens (including phenoxy) is 1. The number of nitrogens with one attached hydrogen (secondary N) is 1. The van der Waals surface area contributed by atoms with Gasteiger partial charge in [-0.1, -0.05) is 5.16 Å². The molecule has 8 heteroatoms. The number of hydrogen-bond donors (Lipinski definition) is 1. The van der Waals surface area contributed by atoms with E-state index in [4.69, 9.17) is 9.26 Å². The van der Waals surface area contributed by atoms with E-state index < -0.39 is 0 Å². The maximum Gasteiger partial charge on any atom is 0.270 e. The maximum absolute atomic E-state index is 12.6. The molecule has 0 bridgehead atoms. The van der Waals surface area contributed by atoms with Crippen molar-refractivity contribution in [3.63, 3.8) is 0 Å². The lowest BCUT2D eigenvalue weighted by molar-refractivity contribution is 0.102. The molecular formula is C17H16N4O3S. The minimum absolute atomic E-state index is 0.293. The van der Waals surface area contributed by atoms with Crippen LogP contribution in [0.1, 0.15) is 41.9 Å². The summed E-state index contributed by atoms with van der Waals surface area (Å²) in [7, 11) is 0. The zero-order valence-corrected chi connectivity index (χ0v) is 14.4. The molecule has 0 unspecified atom stereocenters. The fourth-order valence-electron chi connectivity index (χ4n) is 2.41. The van der Waals surface area contributed by atoms with Crippen LogP contribution in [0, 0.1) is 0 Å². The zero-order chi connectivity index (χ0) is 17.2. The molecule has 3 aromatic rings. The smallest absolute Gasteiger partial charge is 0.270 e. The van der Waals surface area contributed by atoms with Gasteiger partial charge in [0.05, 0.1) is 12.3 Å². The van der Waals surface area contributed by atoms with Crippen molar-refractivity contribution in [3.8, 4) is 16.6 Å². The van der Waals surface area contributed by atoms with Gasteiger partial charge in [0, 0.05) is 12.1 Å². The van der Waals surface area contributed by atoms with E-state index in [1.807, 2.05) is 18.4 Å². The highest BCUT2D eigenvalue weighted by Gasteiger charge is 2.29. The largest absolute Gasteiger partial charge is 0.477 e. The second-order valence-corrected chi connectivity index (χ2v) is 6.55. The first-order valence-corrected chi connectivity index (χ1v) is 8.95. The standard InChI is InChI=1S/C17H16N4O3S/c1-2-23-16-11(4-3-8-18-16)15(22)19-12-7-9-25-13(12)17-20-14(21-24-17)10-5-6-10/h3-4,7-10H,2,5-6H2,1H3,(H,19,22). The molecule has 1 aliphatic rings. The summed E-state index contributed by atoms with van der Waals surface area (Å²) in [6.07, 6.45) is 3.80. The summed E-state index contributed by atoms with van der Waals surface area (Å²) in [6, 6.07) is 5.19. The number of hydrogen-bond acceptors (Lipinski definition) is 7. The predicted octanol–water partition coefficient (Wildman–Crippen LogP) is 3.72. The Bertz CT molecular complexity index is 901. The van der Waals surface area contributed by atoms with Crippen LogP contribution in [0.5, 0.6) is 5.88 Å². The van der Waals surface area contributed by atoms with Crippen LogP contribution in [-0.4, -0.2) is 27.6 Å². The number of pyridine rings is 1. The number of rotatable bonds is 6. The molecule has 0 aliphatic heterocycles. The van der Waals surface area contributed by atoms with Crippen LogP contribution < -0.4 is 10.1 Å². The number of anilines is 1. The average Bonchev–Trinajstić information content (AvgIpc) is 3.17. The lowest BCUT2D eigenvalue weighted by Gasteiger charge is -2.09. The zero-order valence-electron chi connectivity index (χ0n) is 13.6. The lowest BCUT2D eigenvalue weighted by atomic mass is 10.2. The first-order chi connectivity index (χ1) is 12.3. The molecule has 1 amide bonds. The summed E-state index contributed by atoms with van der Waals surface area (Å²) in [4.78, 5) is 21.9. The molecule has 0 spiro atoms. The monoisotopic (exact) mass is 356 g/mol. The van der Waals surface area contributed by atoms with E-state index in [0.717, 1.165) is 23.5 Å². The highest BCUT2D eigenvalue weighted by atomic mass is 32.1. The Hall–Kier alpha value is -2.74.